The number of rotatable bonds is 6. The zero-order valence-corrected chi connectivity index (χ0v) is 14.5. The maximum atomic E-state index is 10.7. The van der Waals surface area contributed by atoms with Crippen LogP contribution in [0.1, 0.15) is 12.0 Å². The molecule has 0 amide bonds. The molecule has 0 bridgehead atoms. The lowest BCUT2D eigenvalue weighted by molar-refractivity contribution is -0.385. The van der Waals surface area contributed by atoms with Crippen molar-refractivity contribution in [1.29, 1.82) is 0 Å². The number of carboxylic acid groups (broad SMARTS) is 2. The van der Waals surface area contributed by atoms with E-state index in [9.17, 15) is 10.1 Å². The van der Waals surface area contributed by atoms with E-state index in [0.29, 0.717) is 17.9 Å². The summed E-state index contributed by atoms with van der Waals surface area (Å²) in [6.45, 7) is 7.71. The summed E-state index contributed by atoms with van der Waals surface area (Å²) in [6, 6.07) is 4.89. The monoisotopic (exact) mass is 369 g/mol. The van der Waals surface area contributed by atoms with E-state index in [-0.39, 0.29) is 10.6 Å². The molecule has 1 saturated heterocycles. The molecule has 0 spiro atoms. The van der Waals surface area contributed by atoms with Gasteiger partial charge in [0, 0.05) is 44.4 Å². The Kier molecular flexibility index (Phi) is 9.02. The SMILES string of the molecule is Cc1cc(OCCCN2CCNCC2)ccc1[N+](=O)[O-].O=C(O)C(=O)O. The number of hydrogen-bond donors (Lipinski definition) is 3. The number of carboxylic acids is 2. The fourth-order valence-electron chi connectivity index (χ4n) is 2.34. The molecule has 2 rings (SSSR count). The van der Waals surface area contributed by atoms with Crippen LogP contribution >= 0.6 is 0 Å². The smallest absolute Gasteiger partial charge is 0.414 e. The zero-order chi connectivity index (χ0) is 19.5. The van der Waals surface area contributed by atoms with Gasteiger partial charge in [-0.3, -0.25) is 10.1 Å². The minimum Gasteiger partial charge on any atom is -0.494 e. The first-order valence-corrected chi connectivity index (χ1v) is 8.08. The van der Waals surface area contributed by atoms with E-state index >= 15 is 0 Å². The summed E-state index contributed by atoms with van der Waals surface area (Å²) in [4.78, 5) is 31.0. The second-order valence-electron chi connectivity index (χ2n) is 5.61. The maximum Gasteiger partial charge on any atom is 0.414 e. The number of aryl methyl sites for hydroxylation is 1. The highest BCUT2D eigenvalue weighted by Gasteiger charge is 2.11. The third-order valence-electron chi connectivity index (χ3n) is 3.64. The van der Waals surface area contributed by atoms with Crippen LogP contribution in [-0.2, 0) is 9.59 Å². The molecule has 0 atom stereocenters. The number of ether oxygens (including phenoxy) is 1. The van der Waals surface area contributed by atoms with Gasteiger partial charge in [-0.2, -0.15) is 0 Å². The number of nitro benzene ring substituents is 1. The normalized spacial score (nSPS) is 14.0. The van der Waals surface area contributed by atoms with E-state index in [4.69, 9.17) is 24.5 Å². The van der Waals surface area contributed by atoms with E-state index in [1.165, 1.54) is 6.07 Å². The Morgan fingerprint density at radius 1 is 1.27 bits per heavy atom. The summed E-state index contributed by atoms with van der Waals surface area (Å²) in [5, 5.41) is 28.8. The number of piperazine rings is 1. The van der Waals surface area contributed by atoms with Crippen molar-refractivity contribution in [3.05, 3.63) is 33.9 Å². The van der Waals surface area contributed by atoms with Crippen LogP contribution in [0.5, 0.6) is 5.75 Å². The lowest BCUT2D eigenvalue weighted by Crippen LogP contribution is -2.43. The predicted molar refractivity (Wildman–Crippen MR) is 92.5 cm³/mol. The lowest BCUT2D eigenvalue weighted by Gasteiger charge is -2.26. The van der Waals surface area contributed by atoms with E-state index < -0.39 is 11.9 Å². The average Bonchev–Trinajstić information content (AvgIpc) is 2.60. The third kappa shape index (κ3) is 7.90. The topological polar surface area (TPSA) is 142 Å². The Labute approximate surface area is 150 Å². The number of nitrogens with zero attached hydrogens (tertiary/aromatic N) is 2. The van der Waals surface area contributed by atoms with Gasteiger partial charge in [-0.05, 0) is 25.5 Å². The molecule has 10 nitrogen and oxygen atoms in total. The zero-order valence-electron chi connectivity index (χ0n) is 14.5. The number of nitrogens with one attached hydrogen (secondary N) is 1. The number of benzene rings is 1. The molecule has 0 aliphatic carbocycles. The van der Waals surface area contributed by atoms with Crippen molar-refractivity contribution in [2.24, 2.45) is 0 Å². The highest BCUT2D eigenvalue weighted by atomic mass is 16.6. The summed E-state index contributed by atoms with van der Waals surface area (Å²) < 4.78 is 5.65. The van der Waals surface area contributed by atoms with Crippen molar-refractivity contribution in [2.75, 3.05) is 39.3 Å². The van der Waals surface area contributed by atoms with Gasteiger partial charge in [0.05, 0.1) is 11.5 Å². The minimum absolute atomic E-state index is 0.137. The second kappa shape index (κ2) is 11.0. The van der Waals surface area contributed by atoms with Crippen molar-refractivity contribution in [3.8, 4) is 5.75 Å². The molecule has 26 heavy (non-hydrogen) atoms. The Balaban J connectivity index is 0.000000487. The maximum absolute atomic E-state index is 10.7. The summed E-state index contributed by atoms with van der Waals surface area (Å²) in [7, 11) is 0. The van der Waals surface area contributed by atoms with Crippen LogP contribution < -0.4 is 10.1 Å². The predicted octanol–water partition coefficient (Wildman–Crippen LogP) is 0.733. The molecule has 10 heteroatoms. The van der Waals surface area contributed by atoms with E-state index in [0.717, 1.165) is 39.1 Å². The molecule has 0 radical (unpaired) electrons. The van der Waals surface area contributed by atoms with E-state index in [1.807, 2.05) is 0 Å². The van der Waals surface area contributed by atoms with Gasteiger partial charge in [-0.15, -0.1) is 0 Å². The Morgan fingerprint density at radius 2 is 1.88 bits per heavy atom. The first kappa shape index (κ1) is 21.3. The fraction of sp³-hybridized carbons (Fsp3) is 0.500. The van der Waals surface area contributed by atoms with Gasteiger partial charge >= 0.3 is 11.9 Å². The molecule has 1 heterocycles. The quantitative estimate of drug-likeness (QED) is 0.286. The lowest BCUT2D eigenvalue weighted by atomic mass is 10.2. The molecule has 3 N–H and O–H groups in total. The summed E-state index contributed by atoms with van der Waals surface area (Å²) >= 11 is 0. The summed E-state index contributed by atoms with van der Waals surface area (Å²) in [5.41, 5.74) is 0.771. The molecule has 0 aromatic heterocycles. The van der Waals surface area contributed by atoms with Crippen LogP contribution in [0.2, 0.25) is 0 Å². The highest BCUT2D eigenvalue weighted by Crippen LogP contribution is 2.23. The van der Waals surface area contributed by atoms with Gasteiger partial charge in [-0.25, -0.2) is 9.59 Å². The van der Waals surface area contributed by atoms with Crippen LogP contribution in [-0.4, -0.2) is 71.3 Å². The Hall–Kier alpha value is -2.72. The molecule has 1 aliphatic heterocycles. The number of hydrogen-bond acceptors (Lipinski definition) is 7. The van der Waals surface area contributed by atoms with Crippen molar-refractivity contribution >= 4 is 17.6 Å². The first-order chi connectivity index (χ1) is 12.3. The molecule has 1 fully saturated rings. The Bertz CT molecular complexity index is 618. The molecule has 1 aliphatic rings. The van der Waals surface area contributed by atoms with Gasteiger partial charge in [0.25, 0.3) is 5.69 Å². The van der Waals surface area contributed by atoms with Crippen LogP contribution in [0.25, 0.3) is 0 Å². The van der Waals surface area contributed by atoms with Gasteiger partial charge in [-0.1, -0.05) is 0 Å². The standard InChI is InChI=1S/C14H21N3O3.C2H2O4/c1-12-11-13(3-4-14(12)17(18)19)20-10-2-7-16-8-5-15-6-9-16;3-1(4)2(5)6/h3-4,11,15H,2,5-10H2,1H3;(H,3,4)(H,5,6). The van der Waals surface area contributed by atoms with Crippen LogP contribution in [0.3, 0.4) is 0 Å². The number of nitro groups is 1. The largest absolute Gasteiger partial charge is 0.494 e. The number of carbonyl (C=O) groups is 2. The molecular weight excluding hydrogens is 346 g/mol. The third-order valence-corrected chi connectivity index (χ3v) is 3.64. The summed E-state index contributed by atoms with van der Waals surface area (Å²) in [5.74, 6) is -2.95. The molecule has 0 unspecified atom stereocenters. The van der Waals surface area contributed by atoms with Crippen LogP contribution in [0, 0.1) is 17.0 Å². The van der Waals surface area contributed by atoms with Crippen molar-refractivity contribution in [3.63, 3.8) is 0 Å². The Morgan fingerprint density at radius 3 is 2.38 bits per heavy atom. The van der Waals surface area contributed by atoms with Gasteiger partial charge < -0.3 is 25.2 Å². The summed E-state index contributed by atoms with van der Waals surface area (Å²) in [6.07, 6.45) is 0.968. The van der Waals surface area contributed by atoms with Crippen molar-refractivity contribution < 1.29 is 29.5 Å². The molecule has 1 aromatic carbocycles. The van der Waals surface area contributed by atoms with Crippen molar-refractivity contribution in [2.45, 2.75) is 13.3 Å². The van der Waals surface area contributed by atoms with Gasteiger partial charge in [0.1, 0.15) is 5.75 Å². The van der Waals surface area contributed by atoms with Crippen LogP contribution in [0.15, 0.2) is 18.2 Å². The van der Waals surface area contributed by atoms with E-state index in [1.54, 1.807) is 19.1 Å². The fourth-order valence-corrected chi connectivity index (χ4v) is 2.34. The highest BCUT2D eigenvalue weighted by molar-refractivity contribution is 6.27. The van der Waals surface area contributed by atoms with E-state index in [2.05, 4.69) is 10.2 Å². The molecule has 1 aromatic rings. The second-order valence-corrected chi connectivity index (χ2v) is 5.61. The first-order valence-electron chi connectivity index (χ1n) is 8.08. The number of aliphatic carboxylic acids is 2. The molecule has 0 saturated carbocycles. The molecule has 144 valence electrons. The van der Waals surface area contributed by atoms with Gasteiger partial charge in [0.2, 0.25) is 0 Å². The molecular formula is C16H23N3O7. The minimum atomic E-state index is -1.82. The van der Waals surface area contributed by atoms with Crippen LogP contribution in [0.4, 0.5) is 5.69 Å². The average molecular weight is 369 g/mol. The van der Waals surface area contributed by atoms with Gasteiger partial charge in [0.15, 0.2) is 0 Å². The van der Waals surface area contributed by atoms with Crippen molar-refractivity contribution in [1.82, 2.24) is 10.2 Å².